The van der Waals surface area contributed by atoms with Crippen LogP contribution < -0.4 is 10.1 Å². The number of benzene rings is 2. The van der Waals surface area contributed by atoms with Gasteiger partial charge in [-0.25, -0.2) is 0 Å². The van der Waals surface area contributed by atoms with Crippen LogP contribution in [0.5, 0.6) is 11.5 Å². The number of phenols is 1. The van der Waals surface area contributed by atoms with Crippen LogP contribution in [0.3, 0.4) is 0 Å². The molecule has 104 valence electrons. The zero-order chi connectivity index (χ0) is 14.1. The molecule has 20 heavy (non-hydrogen) atoms. The maximum atomic E-state index is 9.62. The Hall–Kier alpha value is -1.52. The van der Waals surface area contributed by atoms with Gasteiger partial charge in [0, 0.05) is 22.5 Å². The van der Waals surface area contributed by atoms with Crippen LogP contribution in [0, 0.1) is 0 Å². The topological polar surface area (TPSA) is 41.5 Å². The second-order valence-electron chi connectivity index (χ2n) is 4.96. The maximum Gasteiger partial charge on any atom is 0.126 e. The van der Waals surface area contributed by atoms with Gasteiger partial charge in [0.25, 0.3) is 0 Å². The number of nitrogens with one attached hydrogen (secondary N) is 1. The normalized spacial score (nSPS) is 21.1. The third-order valence-electron chi connectivity index (χ3n) is 3.66. The molecule has 4 heteroatoms. The van der Waals surface area contributed by atoms with E-state index in [1.165, 1.54) is 5.56 Å². The zero-order valence-electron chi connectivity index (χ0n) is 11.1. The molecule has 2 aromatic carbocycles. The first-order valence-electron chi connectivity index (χ1n) is 6.59. The molecule has 0 spiro atoms. The van der Waals surface area contributed by atoms with Crippen LogP contribution in [-0.2, 0) is 0 Å². The quantitative estimate of drug-likeness (QED) is 0.874. The van der Waals surface area contributed by atoms with Gasteiger partial charge in [-0.2, -0.15) is 0 Å². The molecule has 2 N–H and O–H groups in total. The predicted molar refractivity (Wildman–Crippen MR) is 82.0 cm³/mol. The van der Waals surface area contributed by atoms with Gasteiger partial charge in [-0.05, 0) is 42.9 Å². The summed E-state index contributed by atoms with van der Waals surface area (Å²) in [7, 11) is 1.96. The van der Waals surface area contributed by atoms with E-state index in [4.69, 9.17) is 4.74 Å². The highest BCUT2D eigenvalue weighted by Gasteiger charge is 2.28. The van der Waals surface area contributed by atoms with Crippen molar-refractivity contribution >= 4 is 15.9 Å². The number of aromatic hydroxyl groups is 1. The molecule has 2 atom stereocenters. The Labute approximate surface area is 126 Å². The summed E-state index contributed by atoms with van der Waals surface area (Å²) in [5, 5.41) is 13.0. The summed E-state index contributed by atoms with van der Waals surface area (Å²) in [6.45, 7) is 0. The summed E-state index contributed by atoms with van der Waals surface area (Å²) in [6.07, 6.45) is 0.789. The highest BCUT2D eigenvalue weighted by atomic mass is 79.9. The van der Waals surface area contributed by atoms with Crippen molar-refractivity contribution in [1.29, 1.82) is 0 Å². The minimum Gasteiger partial charge on any atom is -0.508 e. The fraction of sp³-hybridized carbons (Fsp3) is 0.250. The first-order chi connectivity index (χ1) is 9.67. The molecule has 1 aliphatic heterocycles. The Balaban J connectivity index is 1.96. The molecule has 0 aromatic heterocycles. The molecule has 0 saturated carbocycles. The lowest BCUT2D eigenvalue weighted by Gasteiger charge is -2.32. The van der Waals surface area contributed by atoms with Gasteiger partial charge in [0.15, 0.2) is 0 Å². The van der Waals surface area contributed by atoms with Gasteiger partial charge in [-0.1, -0.05) is 28.1 Å². The van der Waals surface area contributed by atoms with Crippen LogP contribution >= 0.6 is 15.9 Å². The van der Waals surface area contributed by atoms with Crippen LogP contribution in [0.25, 0.3) is 0 Å². The molecule has 3 rings (SSSR count). The highest BCUT2D eigenvalue weighted by molar-refractivity contribution is 9.10. The van der Waals surface area contributed by atoms with Gasteiger partial charge < -0.3 is 15.2 Å². The standard InChI is InChI=1S/C16H16BrNO2/c1-18-14-9-16(10-3-2-4-12(19)7-10)20-15-6-5-11(17)8-13(14)15/h2-8,14,16,18-19H,9H2,1H3. The van der Waals surface area contributed by atoms with Crippen molar-refractivity contribution in [2.75, 3.05) is 7.05 Å². The average molecular weight is 334 g/mol. The lowest BCUT2D eigenvalue weighted by atomic mass is 9.93. The van der Waals surface area contributed by atoms with E-state index in [9.17, 15) is 5.11 Å². The van der Waals surface area contributed by atoms with Crippen LogP contribution in [0.1, 0.15) is 29.7 Å². The summed E-state index contributed by atoms with van der Waals surface area (Å²) in [5.41, 5.74) is 2.16. The maximum absolute atomic E-state index is 9.62. The van der Waals surface area contributed by atoms with E-state index in [2.05, 4.69) is 27.3 Å². The number of phenolic OH excluding ortho intramolecular Hbond substituents is 1. The molecular weight excluding hydrogens is 318 g/mol. The molecule has 1 heterocycles. The third kappa shape index (κ3) is 2.53. The van der Waals surface area contributed by atoms with Crippen LogP contribution in [0.2, 0.25) is 0 Å². The first-order valence-corrected chi connectivity index (χ1v) is 7.39. The van der Waals surface area contributed by atoms with Gasteiger partial charge in [-0.3, -0.25) is 0 Å². The second-order valence-corrected chi connectivity index (χ2v) is 5.88. The summed E-state index contributed by atoms with van der Waals surface area (Å²) >= 11 is 3.50. The molecule has 0 saturated heterocycles. The lowest BCUT2D eigenvalue weighted by molar-refractivity contribution is 0.153. The third-order valence-corrected chi connectivity index (χ3v) is 4.15. The molecule has 3 nitrogen and oxygen atoms in total. The molecule has 2 aromatic rings. The minimum atomic E-state index is -0.0479. The Morgan fingerprint density at radius 1 is 1.25 bits per heavy atom. The van der Waals surface area contributed by atoms with Crippen LogP contribution in [-0.4, -0.2) is 12.2 Å². The summed E-state index contributed by atoms with van der Waals surface area (Å²) in [5.74, 6) is 1.17. The number of ether oxygens (including phenoxy) is 1. The Morgan fingerprint density at radius 2 is 2.10 bits per heavy atom. The fourth-order valence-electron chi connectivity index (χ4n) is 2.64. The van der Waals surface area contributed by atoms with Crippen molar-refractivity contribution in [3.8, 4) is 11.5 Å². The Morgan fingerprint density at radius 3 is 2.85 bits per heavy atom. The monoisotopic (exact) mass is 333 g/mol. The van der Waals surface area contributed by atoms with Crippen LogP contribution in [0.15, 0.2) is 46.9 Å². The molecule has 0 aliphatic carbocycles. The number of hydrogen-bond acceptors (Lipinski definition) is 3. The van der Waals surface area contributed by atoms with Crippen molar-refractivity contribution in [1.82, 2.24) is 5.32 Å². The molecule has 0 amide bonds. The number of halogens is 1. The number of hydrogen-bond donors (Lipinski definition) is 2. The van der Waals surface area contributed by atoms with Gasteiger partial charge in [0.2, 0.25) is 0 Å². The molecule has 0 bridgehead atoms. The Bertz CT molecular complexity index is 630. The van der Waals surface area contributed by atoms with Crippen molar-refractivity contribution in [3.63, 3.8) is 0 Å². The van der Waals surface area contributed by atoms with E-state index in [1.54, 1.807) is 12.1 Å². The molecule has 2 unspecified atom stereocenters. The molecule has 0 radical (unpaired) electrons. The molecule has 1 aliphatic rings. The predicted octanol–water partition coefficient (Wildman–Crippen LogP) is 3.94. The summed E-state index contributed by atoms with van der Waals surface area (Å²) in [6, 6.07) is 13.6. The minimum absolute atomic E-state index is 0.0479. The Kier molecular flexibility index (Phi) is 3.68. The smallest absolute Gasteiger partial charge is 0.126 e. The number of rotatable bonds is 2. The summed E-state index contributed by atoms with van der Waals surface area (Å²) < 4.78 is 7.14. The first kappa shape index (κ1) is 13.5. The van der Waals surface area contributed by atoms with E-state index >= 15 is 0 Å². The van der Waals surface area contributed by atoms with Crippen LogP contribution in [0.4, 0.5) is 0 Å². The van der Waals surface area contributed by atoms with E-state index in [1.807, 2.05) is 31.3 Å². The van der Waals surface area contributed by atoms with Crippen molar-refractivity contribution < 1.29 is 9.84 Å². The fourth-order valence-corrected chi connectivity index (χ4v) is 3.02. The second kappa shape index (κ2) is 5.46. The van der Waals surface area contributed by atoms with Crippen molar-refractivity contribution in [3.05, 3.63) is 58.1 Å². The van der Waals surface area contributed by atoms with E-state index in [0.29, 0.717) is 0 Å². The molecule has 0 fully saturated rings. The van der Waals surface area contributed by atoms with Gasteiger partial charge >= 0.3 is 0 Å². The van der Waals surface area contributed by atoms with Gasteiger partial charge in [-0.15, -0.1) is 0 Å². The van der Waals surface area contributed by atoms with Gasteiger partial charge in [0.05, 0.1) is 0 Å². The van der Waals surface area contributed by atoms with E-state index < -0.39 is 0 Å². The summed E-state index contributed by atoms with van der Waals surface area (Å²) in [4.78, 5) is 0. The largest absolute Gasteiger partial charge is 0.508 e. The zero-order valence-corrected chi connectivity index (χ0v) is 12.7. The van der Waals surface area contributed by atoms with E-state index in [0.717, 1.165) is 22.2 Å². The van der Waals surface area contributed by atoms with Gasteiger partial charge in [0.1, 0.15) is 17.6 Å². The SMILES string of the molecule is CNC1CC(c2cccc(O)c2)Oc2ccc(Br)cc21. The van der Waals surface area contributed by atoms with Crippen molar-refractivity contribution in [2.45, 2.75) is 18.6 Å². The average Bonchev–Trinajstić information content (AvgIpc) is 2.46. The number of fused-ring (bicyclic) bond motifs is 1. The lowest BCUT2D eigenvalue weighted by Crippen LogP contribution is -2.26. The van der Waals surface area contributed by atoms with Crippen molar-refractivity contribution in [2.24, 2.45) is 0 Å². The highest BCUT2D eigenvalue weighted by Crippen LogP contribution is 2.42. The molecular formula is C16H16BrNO2. The van der Waals surface area contributed by atoms with E-state index in [-0.39, 0.29) is 17.9 Å².